The average Bonchev–Trinajstić information content (AvgIpc) is 1.83. The van der Waals surface area contributed by atoms with Gasteiger partial charge in [0.25, 0.3) is 0 Å². The van der Waals surface area contributed by atoms with Crippen LogP contribution in [0.25, 0.3) is 0 Å². The van der Waals surface area contributed by atoms with Crippen LogP contribution in [0.2, 0.25) is 5.02 Å². The van der Waals surface area contributed by atoms with Crippen molar-refractivity contribution in [1.82, 2.24) is 0 Å². The maximum Gasteiger partial charge on any atom is 1.00 e. The zero-order chi connectivity index (χ0) is 9.35. The summed E-state index contributed by atoms with van der Waals surface area (Å²) in [7, 11) is -4.43. The van der Waals surface area contributed by atoms with E-state index >= 15 is 0 Å². The second kappa shape index (κ2) is 4.77. The van der Waals surface area contributed by atoms with Crippen molar-refractivity contribution in [3.8, 4) is 0 Å². The molecule has 1 rings (SSSR count). The van der Waals surface area contributed by atoms with E-state index < -0.39 is 10.1 Å². The first-order valence-corrected chi connectivity index (χ1v) is 4.92. The molecule has 0 heterocycles. The summed E-state index contributed by atoms with van der Waals surface area (Å²) in [6, 6.07) is 4.17. The molecule has 0 bridgehead atoms. The zero-order valence-electron chi connectivity index (χ0n) is 7.24. The van der Waals surface area contributed by atoms with Gasteiger partial charge in [0.1, 0.15) is 10.1 Å². The van der Waals surface area contributed by atoms with Crippen molar-refractivity contribution < 1.29 is 42.5 Å². The van der Waals surface area contributed by atoms with Gasteiger partial charge in [-0.1, -0.05) is 17.7 Å². The van der Waals surface area contributed by atoms with Gasteiger partial charge >= 0.3 is 29.6 Å². The van der Waals surface area contributed by atoms with Crippen LogP contribution in [0, 0.1) is 6.92 Å². The Hall–Kier alpha value is 0.420. The summed E-state index contributed by atoms with van der Waals surface area (Å²) in [5, 5.41) is -0.0231. The van der Waals surface area contributed by atoms with Crippen LogP contribution in [0.3, 0.4) is 0 Å². The first kappa shape index (κ1) is 13.4. The molecule has 66 valence electrons. The second-order valence-electron chi connectivity index (χ2n) is 2.39. The Morgan fingerprint density at radius 2 is 1.92 bits per heavy atom. The van der Waals surface area contributed by atoms with Crippen LogP contribution in [-0.4, -0.2) is 13.0 Å². The van der Waals surface area contributed by atoms with Crippen LogP contribution in [0.5, 0.6) is 0 Å². The Morgan fingerprint density at radius 1 is 1.38 bits per heavy atom. The molecule has 0 unspecified atom stereocenters. The fraction of sp³-hybridized carbons (Fsp3) is 0.143. The summed E-state index contributed by atoms with van der Waals surface area (Å²) >= 11 is 5.53. The molecule has 0 saturated heterocycles. The van der Waals surface area contributed by atoms with E-state index in [9.17, 15) is 13.0 Å². The van der Waals surface area contributed by atoms with Gasteiger partial charge in [-0.2, -0.15) is 0 Å². The van der Waals surface area contributed by atoms with E-state index in [0.717, 1.165) is 5.56 Å². The molecule has 0 aliphatic carbocycles. The summed E-state index contributed by atoms with van der Waals surface area (Å²) in [4.78, 5) is -0.366. The summed E-state index contributed by atoms with van der Waals surface area (Å²) < 4.78 is 31.6. The molecule has 1 aromatic carbocycles. The first-order chi connectivity index (χ1) is 5.41. The van der Waals surface area contributed by atoms with Crippen molar-refractivity contribution in [2.45, 2.75) is 11.8 Å². The van der Waals surface area contributed by atoms with Crippen molar-refractivity contribution in [1.29, 1.82) is 0 Å². The standard InChI is InChI=1S/C7H7ClO3S.Na/c1-5-2-3-7(6(8)4-5)12(9,10)11;/h2-4H,1H3,(H,9,10,11);/q;+1/p-1. The third-order valence-corrected chi connectivity index (χ3v) is 2.68. The van der Waals surface area contributed by atoms with Gasteiger partial charge in [0.05, 0.1) is 9.92 Å². The summed E-state index contributed by atoms with van der Waals surface area (Å²) in [6.45, 7) is 1.76. The second-order valence-corrected chi connectivity index (χ2v) is 4.14. The van der Waals surface area contributed by atoms with Crippen molar-refractivity contribution >= 4 is 21.7 Å². The summed E-state index contributed by atoms with van der Waals surface area (Å²) in [5.74, 6) is 0. The molecular weight excluding hydrogens is 223 g/mol. The fourth-order valence-electron chi connectivity index (χ4n) is 0.809. The Kier molecular flexibility index (Phi) is 4.93. The quantitative estimate of drug-likeness (QED) is 0.437. The number of aryl methyl sites for hydroxylation is 1. The normalized spacial score (nSPS) is 10.7. The molecule has 1 aromatic rings. The minimum atomic E-state index is -4.43. The number of benzene rings is 1. The van der Waals surface area contributed by atoms with E-state index in [2.05, 4.69) is 0 Å². The maximum absolute atomic E-state index is 10.5. The van der Waals surface area contributed by atoms with Crippen LogP contribution in [0.1, 0.15) is 5.56 Å². The predicted octanol–water partition coefficient (Wildman–Crippen LogP) is -1.44. The van der Waals surface area contributed by atoms with E-state index in [1.807, 2.05) is 0 Å². The van der Waals surface area contributed by atoms with Gasteiger partial charge in [0.15, 0.2) is 0 Å². The molecule has 0 fully saturated rings. The molecule has 0 N–H and O–H groups in total. The fourth-order valence-corrected chi connectivity index (χ4v) is 1.86. The SMILES string of the molecule is Cc1ccc(S(=O)(=O)[O-])c(Cl)c1.[Na+]. The van der Waals surface area contributed by atoms with Gasteiger partial charge in [-0.15, -0.1) is 0 Å². The Morgan fingerprint density at radius 3 is 2.31 bits per heavy atom. The number of rotatable bonds is 1. The van der Waals surface area contributed by atoms with Gasteiger partial charge in [-0.05, 0) is 24.6 Å². The number of hydrogen-bond donors (Lipinski definition) is 0. The van der Waals surface area contributed by atoms with E-state index in [4.69, 9.17) is 11.6 Å². The molecule has 3 nitrogen and oxygen atoms in total. The average molecular weight is 229 g/mol. The maximum atomic E-state index is 10.5. The third kappa shape index (κ3) is 3.58. The first-order valence-electron chi connectivity index (χ1n) is 3.13. The van der Waals surface area contributed by atoms with Gasteiger partial charge in [0.2, 0.25) is 0 Å². The Balaban J connectivity index is 0.00000144. The van der Waals surface area contributed by atoms with Crippen LogP contribution in [0.15, 0.2) is 23.1 Å². The molecule has 0 aliphatic rings. The van der Waals surface area contributed by atoms with Crippen molar-refractivity contribution in [3.05, 3.63) is 28.8 Å². The largest absolute Gasteiger partial charge is 1.00 e. The molecule has 0 saturated carbocycles. The number of hydrogen-bond acceptors (Lipinski definition) is 3. The van der Waals surface area contributed by atoms with E-state index in [-0.39, 0.29) is 39.5 Å². The molecule has 0 atom stereocenters. The molecule has 0 aromatic heterocycles. The predicted molar refractivity (Wildman–Crippen MR) is 44.2 cm³/mol. The van der Waals surface area contributed by atoms with E-state index in [1.54, 1.807) is 6.92 Å². The van der Waals surface area contributed by atoms with Crippen molar-refractivity contribution in [2.24, 2.45) is 0 Å². The van der Waals surface area contributed by atoms with E-state index in [1.165, 1.54) is 18.2 Å². The van der Waals surface area contributed by atoms with Gasteiger partial charge < -0.3 is 4.55 Å². The Labute approximate surface area is 104 Å². The van der Waals surface area contributed by atoms with Crippen LogP contribution < -0.4 is 29.6 Å². The molecule has 0 radical (unpaired) electrons. The Bertz CT molecular complexity index is 402. The van der Waals surface area contributed by atoms with Crippen LogP contribution in [-0.2, 0) is 10.1 Å². The van der Waals surface area contributed by atoms with Crippen LogP contribution in [0.4, 0.5) is 0 Å². The van der Waals surface area contributed by atoms with Gasteiger partial charge in [-0.3, -0.25) is 0 Å². The summed E-state index contributed by atoms with van der Waals surface area (Å²) in [5.41, 5.74) is 0.812. The minimum Gasteiger partial charge on any atom is -0.744 e. The zero-order valence-corrected chi connectivity index (χ0v) is 10.8. The third-order valence-electron chi connectivity index (χ3n) is 1.36. The van der Waals surface area contributed by atoms with Crippen molar-refractivity contribution in [2.75, 3.05) is 0 Å². The molecule has 0 aliphatic heterocycles. The molecular formula is C7H6ClNaO3S. The smallest absolute Gasteiger partial charge is 0.744 e. The number of halogens is 1. The van der Waals surface area contributed by atoms with Gasteiger partial charge in [0, 0.05) is 0 Å². The van der Waals surface area contributed by atoms with Crippen molar-refractivity contribution in [3.63, 3.8) is 0 Å². The van der Waals surface area contributed by atoms with Crippen LogP contribution >= 0.6 is 11.6 Å². The summed E-state index contributed by atoms with van der Waals surface area (Å²) in [6.07, 6.45) is 0. The molecule has 13 heavy (non-hydrogen) atoms. The molecule has 0 amide bonds. The monoisotopic (exact) mass is 228 g/mol. The van der Waals surface area contributed by atoms with E-state index in [0.29, 0.717) is 0 Å². The topological polar surface area (TPSA) is 57.2 Å². The minimum absolute atomic E-state index is 0. The molecule has 6 heteroatoms. The molecule has 0 spiro atoms. The van der Waals surface area contributed by atoms with Gasteiger partial charge in [-0.25, -0.2) is 8.42 Å².